The molecule has 1 atom stereocenters. The number of ether oxygens (including phenoxy) is 1. The van der Waals surface area contributed by atoms with Gasteiger partial charge in [0.15, 0.2) is 0 Å². The number of carbonyl (C=O) groups is 1. The molecule has 15 heavy (non-hydrogen) atoms. The van der Waals surface area contributed by atoms with E-state index in [0.29, 0.717) is 6.61 Å². The predicted molar refractivity (Wildman–Crippen MR) is 59.8 cm³/mol. The van der Waals surface area contributed by atoms with Gasteiger partial charge >= 0.3 is 5.97 Å². The first-order chi connectivity index (χ1) is 6.85. The highest BCUT2D eigenvalue weighted by atomic mass is 16.5. The molecule has 0 bridgehead atoms. The van der Waals surface area contributed by atoms with Crippen LogP contribution >= 0.6 is 0 Å². The molecule has 0 amide bonds. The Bertz CT molecular complexity index is 187. The molecule has 0 aromatic heterocycles. The number of hydrogen-bond acceptors (Lipinski definition) is 2. The van der Waals surface area contributed by atoms with Crippen LogP contribution in [-0.4, -0.2) is 56.0 Å². The van der Waals surface area contributed by atoms with Crippen LogP contribution < -0.4 is 0 Å². The number of aliphatic carboxylic acids is 1. The van der Waals surface area contributed by atoms with Crippen molar-refractivity contribution in [1.29, 1.82) is 0 Å². The molecule has 0 fully saturated rings. The van der Waals surface area contributed by atoms with Gasteiger partial charge in [-0.1, -0.05) is 13.3 Å². The second kappa shape index (κ2) is 6.80. The Morgan fingerprint density at radius 3 is 2.40 bits per heavy atom. The topological polar surface area (TPSA) is 46.5 Å². The molecule has 0 saturated heterocycles. The maximum Gasteiger partial charge on any atom is 0.306 e. The van der Waals surface area contributed by atoms with Gasteiger partial charge in [-0.05, 0) is 6.42 Å². The van der Waals surface area contributed by atoms with Gasteiger partial charge in [0.25, 0.3) is 0 Å². The fraction of sp³-hybridized carbons (Fsp3) is 0.909. The zero-order valence-electron chi connectivity index (χ0n) is 10.3. The van der Waals surface area contributed by atoms with E-state index in [4.69, 9.17) is 9.84 Å². The molecule has 0 saturated carbocycles. The first-order valence-corrected chi connectivity index (χ1v) is 5.49. The largest absolute Gasteiger partial charge is 0.481 e. The summed E-state index contributed by atoms with van der Waals surface area (Å²) in [6.45, 7) is 3.49. The molecule has 90 valence electrons. The Kier molecular flexibility index (Phi) is 6.52. The fourth-order valence-corrected chi connectivity index (χ4v) is 1.38. The van der Waals surface area contributed by atoms with Gasteiger partial charge < -0.3 is 14.3 Å². The lowest BCUT2D eigenvalue weighted by atomic mass is 10.2. The second-order valence-corrected chi connectivity index (χ2v) is 4.92. The molecule has 0 aliphatic rings. The lowest BCUT2D eigenvalue weighted by Crippen LogP contribution is -2.43. The third-order valence-electron chi connectivity index (χ3n) is 2.01. The number of rotatable bonds is 8. The van der Waals surface area contributed by atoms with Crippen molar-refractivity contribution < 1.29 is 19.1 Å². The number of quaternary nitrogens is 1. The van der Waals surface area contributed by atoms with Gasteiger partial charge in [0.05, 0.1) is 27.6 Å². The highest BCUT2D eigenvalue weighted by Gasteiger charge is 2.21. The van der Waals surface area contributed by atoms with Crippen LogP contribution in [0.1, 0.15) is 26.2 Å². The number of carboxylic acid groups (broad SMARTS) is 1. The van der Waals surface area contributed by atoms with E-state index in [-0.39, 0.29) is 12.5 Å². The normalized spacial score (nSPS) is 13.9. The highest BCUT2D eigenvalue weighted by Crippen LogP contribution is 2.05. The maximum atomic E-state index is 10.6. The van der Waals surface area contributed by atoms with E-state index in [9.17, 15) is 4.79 Å². The summed E-state index contributed by atoms with van der Waals surface area (Å²) in [7, 11) is 6.12. The average Bonchev–Trinajstić information content (AvgIpc) is 2.00. The van der Waals surface area contributed by atoms with Crippen LogP contribution in [0.2, 0.25) is 0 Å². The molecular formula is C11H24NO3+. The molecule has 1 unspecified atom stereocenters. The van der Waals surface area contributed by atoms with Crippen LogP contribution in [0, 0.1) is 0 Å². The van der Waals surface area contributed by atoms with E-state index in [1.165, 1.54) is 0 Å². The Morgan fingerprint density at radius 1 is 1.40 bits per heavy atom. The molecule has 0 spiro atoms. The molecular weight excluding hydrogens is 194 g/mol. The molecule has 0 radical (unpaired) electrons. The van der Waals surface area contributed by atoms with Gasteiger partial charge in [-0.3, -0.25) is 4.79 Å². The Hall–Kier alpha value is -0.610. The van der Waals surface area contributed by atoms with E-state index in [1.54, 1.807) is 0 Å². The van der Waals surface area contributed by atoms with E-state index in [1.807, 2.05) is 21.1 Å². The molecule has 0 heterocycles. The van der Waals surface area contributed by atoms with Gasteiger partial charge in [-0.15, -0.1) is 0 Å². The summed E-state index contributed by atoms with van der Waals surface area (Å²) in [5, 5.41) is 8.75. The van der Waals surface area contributed by atoms with Crippen molar-refractivity contribution in [3.8, 4) is 0 Å². The third-order valence-corrected chi connectivity index (χ3v) is 2.01. The van der Waals surface area contributed by atoms with Gasteiger partial charge in [0.2, 0.25) is 0 Å². The van der Waals surface area contributed by atoms with Crippen LogP contribution in [0.25, 0.3) is 0 Å². The minimum absolute atomic E-state index is 0.0965. The predicted octanol–water partition coefficient (Wildman–Crippen LogP) is 1.35. The molecule has 0 rings (SSSR count). The summed E-state index contributed by atoms with van der Waals surface area (Å²) in [6, 6.07) is 0. The van der Waals surface area contributed by atoms with Crippen LogP contribution in [0.5, 0.6) is 0 Å². The quantitative estimate of drug-likeness (QED) is 0.494. The summed E-state index contributed by atoms with van der Waals surface area (Å²) in [5.74, 6) is -0.787. The number of hydrogen-bond donors (Lipinski definition) is 1. The molecule has 0 aromatic rings. The molecule has 4 nitrogen and oxygen atoms in total. The molecule has 4 heteroatoms. The standard InChI is InChI=1S/C11H23NO3/c1-5-6-7-15-10(8-11(13)14)9-12(2,3)4/h10H,5-9H2,1-4H3/p+1. The maximum absolute atomic E-state index is 10.6. The Balaban J connectivity index is 4.01. The van der Waals surface area contributed by atoms with Crippen molar-refractivity contribution in [3.63, 3.8) is 0 Å². The van der Waals surface area contributed by atoms with E-state index in [2.05, 4.69) is 6.92 Å². The van der Waals surface area contributed by atoms with Crippen LogP contribution in [0.3, 0.4) is 0 Å². The van der Waals surface area contributed by atoms with Crippen molar-refractivity contribution in [2.45, 2.75) is 32.3 Å². The monoisotopic (exact) mass is 218 g/mol. The van der Waals surface area contributed by atoms with E-state index < -0.39 is 5.97 Å². The van der Waals surface area contributed by atoms with Gasteiger partial charge in [-0.2, -0.15) is 0 Å². The minimum Gasteiger partial charge on any atom is -0.481 e. The zero-order chi connectivity index (χ0) is 11.9. The number of nitrogens with zero attached hydrogens (tertiary/aromatic N) is 1. The summed E-state index contributed by atoms with van der Waals surface area (Å²) in [6.07, 6.45) is 1.99. The average molecular weight is 218 g/mol. The summed E-state index contributed by atoms with van der Waals surface area (Å²) < 4.78 is 6.30. The smallest absolute Gasteiger partial charge is 0.306 e. The van der Waals surface area contributed by atoms with Crippen LogP contribution in [0.4, 0.5) is 0 Å². The lowest BCUT2D eigenvalue weighted by molar-refractivity contribution is -0.873. The highest BCUT2D eigenvalue weighted by molar-refractivity contribution is 5.67. The van der Waals surface area contributed by atoms with Crippen molar-refractivity contribution in [2.24, 2.45) is 0 Å². The van der Waals surface area contributed by atoms with Crippen molar-refractivity contribution in [2.75, 3.05) is 34.3 Å². The molecule has 0 aromatic carbocycles. The fourth-order valence-electron chi connectivity index (χ4n) is 1.38. The SMILES string of the molecule is CCCCOC(CC(=O)O)C[N+](C)(C)C. The number of carboxylic acids is 1. The number of unbranched alkanes of at least 4 members (excludes halogenated alkanes) is 1. The van der Waals surface area contributed by atoms with Crippen molar-refractivity contribution in [1.82, 2.24) is 0 Å². The third kappa shape index (κ3) is 9.69. The zero-order valence-corrected chi connectivity index (χ0v) is 10.3. The van der Waals surface area contributed by atoms with Gasteiger partial charge in [-0.25, -0.2) is 0 Å². The van der Waals surface area contributed by atoms with Crippen LogP contribution in [0.15, 0.2) is 0 Å². The second-order valence-electron chi connectivity index (χ2n) is 4.92. The lowest BCUT2D eigenvalue weighted by Gasteiger charge is -2.28. The Morgan fingerprint density at radius 2 is 2.00 bits per heavy atom. The van der Waals surface area contributed by atoms with Crippen LogP contribution in [-0.2, 0) is 9.53 Å². The summed E-state index contributed by atoms with van der Waals surface area (Å²) in [5.41, 5.74) is 0. The summed E-state index contributed by atoms with van der Waals surface area (Å²) in [4.78, 5) is 10.6. The van der Waals surface area contributed by atoms with E-state index in [0.717, 1.165) is 23.9 Å². The van der Waals surface area contributed by atoms with E-state index >= 15 is 0 Å². The first kappa shape index (κ1) is 14.4. The van der Waals surface area contributed by atoms with Crippen molar-refractivity contribution >= 4 is 5.97 Å². The molecule has 0 aliphatic heterocycles. The minimum atomic E-state index is -0.787. The summed E-state index contributed by atoms with van der Waals surface area (Å²) >= 11 is 0. The Labute approximate surface area is 92.4 Å². The van der Waals surface area contributed by atoms with Gasteiger partial charge in [0.1, 0.15) is 12.6 Å². The first-order valence-electron chi connectivity index (χ1n) is 5.49. The molecule has 0 aliphatic carbocycles. The number of likely N-dealkylation sites (N-methyl/N-ethyl adjacent to an activating group) is 1. The van der Waals surface area contributed by atoms with Gasteiger partial charge in [0, 0.05) is 6.61 Å². The molecule has 1 N–H and O–H groups in total. The van der Waals surface area contributed by atoms with Crippen molar-refractivity contribution in [3.05, 3.63) is 0 Å².